The second kappa shape index (κ2) is 14.0. The molecule has 0 aliphatic carbocycles. The molecule has 0 saturated carbocycles. The van der Waals surface area contributed by atoms with Gasteiger partial charge < -0.3 is 20.1 Å². The lowest BCUT2D eigenvalue weighted by molar-refractivity contribution is -0.118. The van der Waals surface area contributed by atoms with Gasteiger partial charge >= 0.3 is 0 Å². The number of rotatable bonds is 11. The Bertz CT molecular complexity index is 1970. The molecule has 1 amide bonds. The Morgan fingerprint density at radius 2 is 1.55 bits per heavy atom. The second-order valence-corrected chi connectivity index (χ2v) is 12.8. The number of nitrogens with one attached hydrogen (secondary N) is 3. The van der Waals surface area contributed by atoms with E-state index in [2.05, 4.69) is 35.2 Å². The molecule has 3 aromatic carbocycles. The Balaban J connectivity index is 1.22. The zero-order valence-corrected chi connectivity index (χ0v) is 26.8. The first-order valence-electron chi connectivity index (χ1n) is 15.1. The zero-order valence-electron chi connectivity index (χ0n) is 26.0. The predicted octanol–water partition coefficient (Wildman–Crippen LogP) is 5.75. The number of anilines is 4. The first-order chi connectivity index (χ1) is 22.8. The molecule has 1 saturated heterocycles. The number of fused-ring (bicyclic) bond motifs is 1. The fourth-order valence-corrected chi connectivity index (χ4v) is 6.68. The molecule has 1 aliphatic heterocycles. The molecular weight excluding hydrogens is 618 g/mol. The average molecular weight is 654 g/mol. The number of carbonyl (C=O) groups is 1. The number of likely N-dealkylation sites (tertiary alicyclic amines) is 1. The number of hydrogen-bond acceptors (Lipinski definition) is 10. The van der Waals surface area contributed by atoms with Crippen LogP contribution in [0, 0.1) is 0 Å². The van der Waals surface area contributed by atoms with Crippen LogP contribution in [0.2, 0.25) is 0 Å². The lowest BCUT2D eigenvalue weighted by Gasteiger charge is -2.35. The quantitative estimate of drug-likeness (QED) is 0.161. The first-order valence-corrected chi connectivity index (χ1v) is 16.6. The van der Waals surface area contributed by atoms with E-state index in [0.29, 0.717) is 33.9 Å². The third-order valence-electron chi connectivity index (χ3n) is 7.90. The lowest BCUT2D eigenvalue weighted by Crippen LogP contribution is -2.39. The molecule has 0 bridgehead atoms. The van der Waals surface area contributed by atoms with Crippen LogP contribution in [-0.2, 0) is 14.8 Å². The zero-order chi connectivity index (χ0) is 32.8. The monoisotopic (exact) mass is 653 g/mol. The Kier molecular flexibility index (Phi) is 9.45. The van der Waals surface area contributed by atoms with Gasteiger partial charge in [0.2, 0.25) is 5.91 Å². The normalized spacial score (nSPS) is 15.1. The minimum Gasteiger partial charge on any atom is -0.497 e. The summed E-state index contributed by atoms with van der Waals surface area (Å²) >= 11 is 0. The van der Waals surface area contributed by atoms with E-state index in [4.69, 9.17) is 9.47 Å². The van der Waals surface area contributed by atoms with Crippen LogP contribution in [0.3, 0.4) is 0 Å². The van der Waals surface area contributed by atoms with Crippen molar-refractivity contribution in [3.8, 4) is 11.5 Å². The number of amides is 1. The number of para-hydroxylation sites is 2. The van der Waals surface area contributed by atoms with Gasteiger partial charge in [-0.25, -0.2) is 18.4 Å². The fourth-order valence-electron chi connectivity index (χ4n) is 5.63. The molecular formula is C34H35N7O5S. The highest BCUT2D eigenvalue weighted by molar-refractivity contribution is 7.92. The summed E-state index contributed by atoms with van der Waals surface area (Å²) < 4.78 is 40.8. The number of methoxy groups -OCH3 is 2. The van der Waals surface area contributed by atoms with E-state index < -0.39 is 10.0 Å². The highest BCUT2D eigenvalue weighted by Gasteiger charge is 2.26. The van der Waals surface area contributed by atoms with E-state index in [1.807, 2.05) is 18.2 Å². The molecule has 12 nitrogen and oxygen atoms in total. The van der Waals surface area contributed by atoms with Gasteiger partial charge in [0, 0.05) is 48.0 Å². The number of aromatic nitrogens is 3. The summed E-state index contributed by atoms with van der Waals surface area (Å²) in [5.74, 6) is 1.02. The summed E-state index contributed by atoms with van der Waals surface area (Å²) in [5.41, 5.74) is 3.11. The van der Waals surface area contributed by atoms with E-state index in [0.717, 1.165) is 31.4 Å². The van der Waals surface area contributed by atoms with Crippen molar-refractivity contribution in [3.63, 3.8) is 0 Å². The fraction of sp³-hybridized carbons (Fsp3) is 0.235. The number of carbonyl (C=O) groups excluding carboxylic acids is 1. The molecule has 1 fully saturated rings. The average Bonchev–Trinajstić information content (AvgIpc) is 3.09. The second-order valence-electron chi connectivity index (χ2n) is 11.1. The van der Waals surface area contributed by atoms with Gasteiger partial charge in [-0.2, -0.15) is 0 Å². The largest absolute Gasteiger partial charge is 0.497 e. The third kappa shape index (κ3) is 7.59. The minimum absolute atomic E-state index is 0.00724. The standard InChI is InChI=1S/C34H35N7O5S/c1-45-26-18-25(19-27(21-26)46-2)37-33-34(39-30-11-4-3-10-29(30)38-33)40-47(43,44)28-9-7-8-24(20-28)36-32(42)22-41-17-6-5-12-31(41)23-13-15-35-16-14-23/h3-4,7-11,13-16,18-21,31H,5-6,12,17,22H2,1-2H3,(H,36,42)(H,37,38)(H,39,40). The Labute approximate surface area is 273 Å². The van der Waals surface area contributed by atoms with Crippen molar-refractivity contribution < 1.29 is 22.7 Å². The number of sulfonamides is 1. The van der Waals surface area contributed by atoms with E-state index >= 15 is 0 Å². The molecule has 3 N–H and O–H groups in total. The van der Waals surface area contributed by atoms with Gasteiger partial charge in [0.15, 0.2) is 11.6 Å². The number of piperidine rings is 1. The molecule has 0 spiro atoms. The van der Waals surface area contributed by atoms with Crippen LogP contribution >= 0.6 is 0 Å². The van der Waals surface area contributed by atoms with Crippen molar-refractivity contribution in [3.05, 3.63) is 96.8 Å². The van der Waals surface area contributed by atoms with Crippen LogP contribution in [0.15, 0.2) is 96.2 Å². The molecule has 1 unspecified atom stereocenters. The van der Waals surface area contributed by atoms with Crippen LogP contribution in [0.25, 0.3) is 11.0 Å². The highest BCUT2D eigenvalue weighted by atomic mass is 32.2. The Hall–Kier alpha value is -5.27. The predicted molar refractivity (Wildman–Crippen MR) is 181 cm³/mol. The van der Waals surface area contributed by atoms with Crippen molar-refractivity contribution in [2.75, 3.05) is 42.7 Å². The smallest absolute Gasteiger partial charge is 0.263 e. The SMILES string of the molecule is COc1cc(Nc2nc3ccccc3nc2NS(=O)(=O)c2cccc(NC(=O)CN3CCCCC3c3ccncc3)c2)cc(OC)c1. The molecule has 2 aromatic heterocycles. The third-order valence-corrected chi connectivity index (χ3v) is 9.23. The Morgan fingerprint density at radius 3 is 2.26 bits per heavy atom. The molecule has 47 heavy (non-hydrogen) atoms. The summed E-state index contributed by atoms with van der Waals surface area (Å²) in [4.78, 5) is 28.6. The van der Waals surface area contributed by atoms with Gasteiger partial charge in [0.25, 0.3) is 10.0 Å². The van der Waals surface area contributed by atoms with Crippen molar-refractivity contribution >= 4 is 50.0 Å². The molecule has 1 aliphatic rings. The highest BCUT2D eigenvalue weighted by Crippen LogP contribution is 2.32. The topological polar surface area (TPSA) is 148 Å². The molecule has 6 rings (SSSR count). The van der Waals surface area contributed by atoms with Crippen LogP contribution in [0.5, 0.6) is 11.5 Å². The van der Waals surface area contributed by atoms with Gasteiger partial charge in [-0.1, -0.05) is 24.6 Å². The maximum atomic E-state index is 13.7. The number of hydrogen-bond donors (Lipinski definition) is 3. The molecule has 1 atom stereocenters. The molecule has 3 heterocycles. The lowest BCUT2D eigenvalue weighted by atomic mass is 9.96. The van der Waals surface area contributed by atoms with Gasteiger partial charge in [0.05, 0.1) is 36.7 Å². The molecule has 5 aromatic rings. The van der Waals surface area contributed by atoms with Crippen LogP contribution < -0.4 is 24.8 Å². The van der Waals surface area contributed by atoms with Crippen LogP contribution in [0.1, 0.15) is 30.9 Å². The van der Waals surface area contributed by atoms with Gasteiger partial charge in [-0.05, 0) is 67.4 Å². The summed E-state index contributed by atoms with van der Waals surface area (Å²) in [6, 6.07) is 22.5. The van der Waals surface area contributed by atoms with Crippen LogP contribution in [0.4, 0.5) is 23.0 Å². The summed E-state index contributed by atoms with van der Waals surface area (Å²) in [6.45, 7) is 0.976. The van der Waals surface area contributed by atoms with Gasteiger partial charge in [0.1, 0.15) is 11.5 Å². The van der Waals surface area contributed by atoms with Gasteiger partial charge in [-0.3, -0.25) is 19.4 Å². The number of benzene rings is 3. The number of pyridine rings is 1. The maximum Gasteiger partial charge on any atom is 0.263 e. The van der Waals surface area contributed by atoms with Crippen molar-refractivity contribution in [2.45, 2.75) is 30.2 Å². The number of ether oxygens (including phenoxy) is 2. The minimum atomic E-state index is -4.16. The van der Waals surface area contributed by atoms with Crippen LogP contribution in [-0.4, -0.2) is 61.5 Å². The van der Waals surface area contributed by atoms with E-state index in [1.54, 1.807) is 60.9 Å². The first kappa shape index (κ1) is 31.7. The summed E-state index contributed by atoms with van der Waals surface area (Å²) in [5, 5.41) is 6.03. The van der Waals surface area contributed by atoms with E-state index in [1.165, 1.54) is 26.4 Å². The van der Waals surface area contributed by atoms with Gasteiger partial charge in [-0.15, -0.1) is 0 Å². The van der Waals surface area contributed by atoms with Crippen molar-refractivity contribution in [2.24, 2.45) is 0 Å². The van der Waals surface area contributed by atoms with Crippen molar-refractivity contribution in [1.82, 2.24) is 19.9 Å². The Morgan fingerprint density at radius 1 is 0.851 bits per heavy atom. The van der Waals surface area contributed by atoms with E-state index in [-0.39, 0.29) is 35.0 Å². The summed E-state index contributed by atoms with van der Waals surface area (Å²) in [7, 11) is -1.08. The number of nitrogens with zero attached hydrogens (tertiary/aromatic N) is 4. The van der Waals surface area contributed by atoms with Crippen molar-refractivity contribution in [1.29, 1.82) is 0 Å². The van der Waals surface area contributed by atoms with E-state index in [9.17, 15) is 13.2 Å². The molecule has 242 valence electrons. The maximum absolute atomic E-state index is 13.7. The summed E-state index contributed by atoms with van der Waals surface area (Å²) in [6.07, 6.45) is 6.58. The molecule has 0 radical (unpaired) electrons. The molecule has 13 heteroatoms.